The third-order valence-corrected chi connectivity index (χ3v) is 3.36. The van der Waals surface area contributed by atoms with E-state index in [-0.39, 0.29) is 11.3 Å². The van der Waals surface area contributed by atoms with Crippen molar-refractivity contribution >= 4 is 17.5 Å². The minimum atomic E-state index is -0.169. The van der Waals surface area contributed by atoms with Crippen LogP contribution in [0.3, 0.4) is 0 Å². The van der Waals surface area contributed by atoms with E-state index in [1.165, 1.54) is 5.56 Å². The highest BCUT2D eigenvalue weighted by Crippen LogP contribution is 2.12. The van der Waals surface area contributed by atoms with Gasteiger partial charge < -0.3 is 9.64 Å². The van der Waals surface area contributed by atoms with E-state index in [1.54, 1.807) is 19.1 Å². The summed E-state index contributed by atoms with van der Waals surface area (Å²) in [5.74, 6) is 0.0791. The standard InChI is InChI=1S/C15H22ClNO2/c1-11-5-6-12(2)13(7-11)8-15(18)17(3)9-14(16)10-19-4/h5-7,14H,8-10H2,1-4H3. The number of halogens is 1. The monoisotopic (exact) mass is 283 g/mol. The first-order chi connectivity index (χ1) is 8.93. The Bertz CT molecular complexity index is 434. The van der Waals surface area contributed by atoms with Gasteiger partial charge in [0.2, 0.25) is 5.91 Å². The fourth-order valence-corrected chi connectivity index (χ4v) is 2.25. The van der Waals surface area contributed by atoms with Crippen molar-refractivity contribution in [2.45, 2.75) is 25.6 Å². The third kappa shape index (κ3) is 5.21. The maximum absolute atomic E-state index is 12.1. The summed E-state index contributed by atoms with van der Waals surface area (Å²) in [4.78, 5) is 13.8. The van der Waals surface area contributed by atoms with E-state index in [2.05, 4.69) is 12.1 Å². The van der Waals surface area contributed by atoms with Gasteiger partial charge >= 0.3 is 0 Å². The van der Waals surface area contributed by atoms with Gasteiger partial charge in [0.1, 0.15) is 0 Å². The van der Waals surface area contributed by atoms with Gasteiger partial charge in [0.05, 0.1) is 18.4 Å². The Balaban J connectivity index is 2.61. The molecule has 1 rings (SSSR count). The molecule has 106 valence electrons. The first-order valence-electron chi connectivity index (χ1n) is 6.37. The van der Waals surface area contributed by atoms with E-state index in [0.717, 1.165) is 11.1 Å². The molecule has 19 heavy (non-hydrogen) atoms. The van der Waals surface area contributed by atoms with Crippen molar-refractivity contribution < 1.29 is 9.53 Å². The highest BCUT2D eigenvalue weighted by Gasteiger charge is 2.15. The zero-order valence-corrected chi connectivity index (χ0v) is 12.8. The van der Waals surface area contributed by atoms with Crippen LogP contribution in [0.4, 0.5) is 0 Å². The van der Waals surface area contributed by atoms with Crippen molar-refractivity contribution in [2.24, 2.45) is 0 Å². The number of likely N-dealkylation sites (N-methyl/N-ethyl adjacent to an activating group) is 1. The molecule has 0 aliphatic heterocycles. The Morgan fingerprint density at radius 1 is 1.42 bits per heavy atom. The normalized spacial score (nSPS) is 12.3. The first-order valence-corrected chi connectivity index (χ1v) is 6.80. The van der Waals surface area contributed by atoms with Crippen LogP contribution in [0.25, 0.3) is 0 Å². The van der Waals surface area contributed by atoms with E-state index >= 15 is 0 Å². The molecule has 0 heterocycles. The third-order valence-electron chi connectivity index (χ3n) is 3.09. The van der Waals surface area contributed by atoms with E-state index in [0.29, 0.717) is 19.6 Å². The highest BCUT2D eigenvalue weighted by atomic mass is 35.5. The minimum absolute atomic E-state index is 0.0791. The molecule has 0 fully saturated rings. The Labute approximate surface area is 120 Å². The number of hydrogen-bond donors (Lipinski definition) is 0. The zero-order valence-electron chi connectivity index (χ0n) is 12.1. The molecule has 1 unspecified atom stereocenters. The largest absolute Gasteiger partial charge is 0.383 e. The van der Waals surface area contributed by atoms with Crippen molar-refractivity contribution in [3.05, 3.63) is 34.9 Å². The number of nitrogens with zero attached hydrogens (tertiary/aromatic N) is 1. The Kier molecular flexibility index (Phi) is 6.32. The van der Waals surface area contributed by atoms with Crippen LogP contribution in [0.5, 0.6) is 0 Å². The molecule has 0 saturated carbocycles. The topological polar surface area (TPSA) is 29.5 Å². The Hall–Kier alpha value is -1.06. The summed E-state index contributed by atoms with van der Waals surface area (Å²) < 4.78 is 4.97. The summed E-state index contributed by atoms with van der Waals surface area (Å²) in [6.07, 6.45) is 0.417. The smallest absolute Gasteiger partial charge is 0.226 e. The summed E-state index contributed by atoms with van der Waals surface area (Å²) >= 11 is 6.06. The zero-order chi connectivity index (χ0) is 14.4. The number of aryl methyl sites for hydroxylation is 2. The summed E-state index contributed by atoms with van der Waals surface area (Å²) in [6, 6.07) is 6.17. The Morgan fingerprint density at radius 2 is 2.11 bits per heavy atom. The number of amides is 1. The lowest BCUT2D eigenvalue weighted by Gasteiger charge is -2.20. The van der Waals surface area contributed by atoms with Crippen LogP contribution >= 0.6 is 11.6 Å². The molecule has 0 aromatic heterocycles. The lowest BCUT2D eigenvalue weighted by Crippen LogP contribution is -2.35. The van der Waals surface area contributed by atoms with E-state index in [1.807, 2.05) is 19.9 Å². The number of ether oxygens (including phenoxy) is 1. The molecule has 3 nitrogen and oxygen atoms in total. The van der Waals surface area contributed by atoms with Gasteiger partial charge in [0.15, 0.2) is 0 Å². The molecule has 0 radical (unpaired) electrons. The number of hydrogen-bond acceptors (Lipinski definition) is 2. The summed E-state index contributed by atoms with van der Waals surface area (Å²) in [7, 11) is 3.38. The van der Waals surface area contributed by atoms with Crippen LogP contribution in [0.2, 0.25) is 0 Å². The van der Waals surface area contributed by atoms with Gasteiger partial charge in [-0.3, -0.25) is 4.79 Å². The molecular weight excluding hydrogens is 262 g/mol. The minimum Gasteiger partial charge on any atom is -0.383 e. The number of rotatable bonds is 6. The molecule has 0 saturated heterocycles. The second kappa shape index (κ2) is 7.51. The number of carbonyl (C=O) groups excluding carboxylic acids is 1. The predicted molar refractivity (Wildman–Crippen MR) is 78.8 cm³/mol. The number of carbonyl (C=O) groups is 1. The van der Waals surface area contributed by atoms with Gasteiger partial charge in [0, 0.05) is 20.7 Å². The van der Waals surface area contributed by atoms with Crippen LogP contribution in [-0.4, -0.2) is 43.5 Å². The van der Waals surface area contributed by atoms with Gasteiger partial charge in [0.25, 0.3) is 0 Å². The van der Waals surface area contributed by atoms with Gasteiger partial charge in [-0.05, 0) is 25.0 Å². The van der Waals surface area contributed by atoms with E-state index in [9.17, 15) is 4.79 Å². The molecule has 0 bridgehead atoms. The van der Waals surface area contributed by atoms with Crippen LogP contribution in [0.15, 0.2) is 18.2 Å². The maximum Gasteiger partial charge on any atom is 0.226 e. The van der Waals surface area contributed by atoms with E-state index < -0.39 is 0 Å². The molecule has 1 atom stereocenters. The molecule has 1 aromatic carbocycles. The molecule has 0 N–H and O–H groups in total. The molecule has 0 aliphatic rings. The number of benzene rings is 1. The quantitative estimate of drug-likeness (QED) is 0.751. The highest BCUT2D eigenvalue weighted by molar-refractivity contribution is 6.21. The summed E-state index contributed by atoms with van der Waals surface area (Å²) in [6.45, 7) is 5.00. The van der Waals surface area contributed by atoms with Gasteiger partial charge in [-0.1, -0.05) is 23.8 Å². The van der Waals surface area contributed by atoms with Crippen molar-refractivity contribution in [3.8, 4) is 0 Å². The predicted octanol–water partition coefficient (Wildman–Crippen LogP) is 2.56. The first kappa shape index (κ1) is 16.0. The van der Waals surface area contributed by atoms with Gasteiger partial charge in [-0.15, -0.1) is 11.6 Å². The second-order valence-electron chi connectivity index (χ2n) is 4.93. The summed E-state index contributed by atoms with van der Waals surface area (Å²) in [5.41, 5.74) is 3.40. The molecule has 0 spiro atoms. The summed E-state index contributed by atoms with van der Waals surface area (Å²) in [5, 5.41) is -0.169. The van der Waals surface area contributed by atoms with Crippen molar-refractivity contribution in [3.63, 3.8) is 0 Å². The van der Waals surface area contributed by atoms with Crippen LogP contribution in [-0.2, 0) is 16.0 Å². The molecule has 4 heteroatoms. The SMILES string of the molecule is COCC(Cl)CN(C)C(=O)Cc1cc(C)ccc1C. The fraction of sp³-hybridized carbons (Fsp3) is 0.533. The molecular formula is C15H22ClNO2. The fourth-order valence-electron chi connectivity index (χ4n) is 1.92. The number of alkyl halides is 1. The molecule has 1 amide bonds. The van der Waals surface area contributed by atoms with Gasteiger partial charge in [-0.25, -0.2) is 0 Å². The molecule has 0 aliphatic carbocycles. The maximum atomic E-state index is 12.1. The van der Waals surface area contributed by atoms with Crippen LogP contribution in [0.1, 0.15) is 16.7 Å². The lowest BCUT2D eigenvalue weighted by molar-refractivity contribution is -0.129. The average molecular weight is 284 g/mol. The Morgan fingerprint density at radius 3 is 2.74 bits per heavy atom. The average Bonchev–Trinajstić information content (AvgIpc) is 2.34. The second-order valence-corrected chi connectivity index (χ2v) is 5.55. The van der Waals surface area contributed by atoms with Gasteiger partial charge in [-0.2, -0.15) is 0 Å². The van der Waals surface area contributed by atoms with Crippen molar-refractivity contribution in [2.75, 3.05) is 27.3 Å². The lowest BCUT2D eigenvalue weighted by atomic mass is 10.0. The van der Waals surface area contributed by atoms with Crippen molar-refractivity contribution in [1.82, 2.24) is 4.90 Å². The number of methoxy groups -OCH3 is 1. The van der Waals surface area contributed by atoms with Crippen LogP contribution in [0, 0.1) is 13.8 Å². The van der Waals surface area contributed by atoms with Crippen molar-refractivity contribution in [1.29, 1.82) is 0 Å². The van der Waals surface area contributed by atoms with E-state index in [4.69, 9.17) is 16.3 Å². The molecule has 1 aromatic rings. The van der Waals surface area contributed by atoms with Crippen LogP contribution < -0.4 is 0 Å².